The third-order valence-electron chi connectivity index (χ3n) is 2.36. The van der Waals surface area contributed by atoms with Crippen LogP contribution in [-0.2, 0) is 4.79 Å². The lowest BCUT2D eigenvalue weighted by atomic mass is 10.2. The van der Waals surface area contributed by atoms with Crippen LogP contribution >= 0.6 is 15.9 Å². The zero-order valence-corrected chi connectivity index (χ0v) is 11.8. The summed E-state index contributed by atoms with van der Waals surface area (Å²) < 4.78 is 13.2. The molecule has 1 rings (SSSR count). The van der Waals surface area contributed by atoms with Gasteiger partial charge in [-0.3, -0.25) is 0 Å². The van der Waals surface area contributed by atoms with E-state index in [0.717, 1.165) is 0 Å². The molecule has 7 heteroatoms. The Bertz CT molecular complexity index is 482. The topological polar surface area (TPSA) is 78.4 Å². The van der Waals surface area contributed by atoms with Crippen molar-refractivity contribution in [3.8, 4) is 0 Å². The highest BCUT2D eigenvalue weighted by atomic mass is 79.9. The average Bonchev–Trinajstić information content (AvgIpc) is 2.32. The Morgan fingerprint density at radius 3 is 2.68 bits per heavy atom. The van der Waals surface area contributed by atoms with Crippen LogP contribution in [0, 0.1) is 5.82 Å². The van der Waals surface area contributed by atoms with Gasteiger partial charge in [-0.2, -0.15) is 0 Å². The Balaban J connectivity index is 2.66. The van der Waals surface area contributed by atoms with Gasteiger partial charge < -0.3 is 15.7 Å². The van der Waals surface area contributed by atoms with Crippen LogP contribution in [0.5, 0.6) is 0 Å². The molecule has 5 nitrogen and oxygen atoms in total. The fraction of sp³-hybridized carbons (Fsp3) is 0.333. The summed E-state index contributed by atoms with van der Waals surface area (Å²) in [4.78, 5) is 22.5. The van der Waals surface area contributed by atoms with E-state index in [1.807, 2.05) is 6.92 Å². The highest BCUT2D eigenvalue weighted by Gasteiger charge is 2.19. The monoisotopic (exact) mass is 332 g/mol. The molecule has 3 N–H and O–H groups in total. The number of carbonyl (C=O) groups excluding carboxylic acids is 1. The molecule has 19 heavy (non-hydrogen) atoms. The lowest BCUT2D eigenvalue weighted by Crippen LogP contribution is -2.42. The van der Waals surface area contributed by atoms with Crippen molar-refractivity contribution in [3.63, 3.8) is 0 Å². The number of carboxylic acid groups (broad SMARTS) is 1. The molecule has 1 atom stereocenters. The molecule has 0 aromatic heterocycles. The largest absolute Gasteiger partial charge is 0.480 e. The number of rotatable bonds is 5. The van der Waals surface area contributed by atoms with Gasteiger partial charge in [0.2, 0.25) is 0 Å². The predicted molar refractivity (Wildman–Crippen MR) is 72.6 cm³/mol. The third kappa shape index (κ3) is 4.86. The number of urea groups is 1. The molecular formula is C12H14BrFN2O3. The second-order valence-corrected chi connectivity index (χ2v) is 4.76. The Labute approximate surface area is 118 Å². The van der Waals surface area contributed by atoms with E-state index in [4.69, 9.17) is 5.11 Å². The zero-order chi connectivity index (χ0) is 14.4. The van der Waals surface area contributed by atoms with E-state index in [9.17, 15) is 14.0 Å². The maximum absolute atomic E-state index is 12.9. The quantitative estimate of drug-likeness (QED) is 0.775. The van der Waals surface area contributed by atoms with E-state index < -0.39 is 23.9 Å². The summed E-state index contributed by atoms with van der Waals surface area (Å²) >= 11 is 3.10. The summed E-state index contributed by atoms with van der Waals surface area (Å²) in [5.41, 5.74) is 0.361. The van der Waals surface area contributed by atoms with Crippen molar-refractivity contribution in [1.82, 2.24) is 5.32 Å². The van der Waals surface area contributed by atoms with Gasteiger partial charge in [0.1, 0.15) is 11.9 Å². The molecule has 0 heterocycles. The van der Waals surface area contributed by atoms with Crippen molar-refractivity contribution in [2.24, 2.45) is 0 Å². The highest BCUT2D eigenvalue weighted by Crippen LogP contribution is 2.22. The van der Waals surface area contributed by atoms with Gasteiger partial charge in [0, 0.05) is 4.47 Å². The van der Waals surface area contributed by atoms with E-state index in [-0.39, 0.29) is 0 Å². The van der Waals surface area contributed by atoms with Crippen LogP contribution in [-0.4, -0.2) is 23.1 Å². The molecule has 0 aliphatic rings. The van der Waals surface area contributed by atoms with Crippen molar-refractivity contribution < 1.29 is 19.1 Å². The van der Waals surface area contributed by atoms with Gasteiger partial charge in [-0.25, -0.2) is 14.0 Å². The summed E-state index contributed by atoms with van der Waals surface area (Å²) in [6, 6.07) is 2.20. The molecule has 0 bridgehead atoms. The van der Waals surface area contributed by atoms with E-state index in [2.05, 4.69) is 26.6 Å². The van der Waals surface area contributed by atoms with E-state index in [1.54, 1.807) is 0 Å². The smallest absolute Gasteiger partial charge is 0.326 e. The molecule has 0 fully saturated rings. The number of aliphatic carboxylic acids is 1. The molecule has 0 aliphatic heterocycles. The van der Waals surface area contributed by atoms with E-state index >= 15 is 0 Å². The van der Waals surface area contributed by atoms with Crippen LogP contribution in [0.1, 0.15) is 19.8 Å². The Kier molecular flexibility index (Phi) is 5.75. The highest BCUT2D eigenvalue weighted by molar-refractivity contribution is 9.10. The van der Waals surface area contributed by atoms with Gasteiger partial charge >= 0.3 is 12.0 Å². The standard InChI is InChI=1S/C12H14BrFN2O3/c1-2-3-10(11(17)18)16-12(19)15-9-5-4-7(14)6-8(9)13/h4-6,10H,2-3H2,1H3,(H,17,18)(H2,15,16,19)/t10-/m0/s1. The van der Waals surface area contributed by atoms with Crippen LogP contribution in [0.4, 0.5) is 14.9 Å². The summed E-state index contributed by atoms with van der Waals surface area (Å²) in [5, 5.41) is 13.7. The van der Waals surface area contributed by atoms with Crippen LogP contribution < -0.4 is 10.6 Å². The molecule has 0 saturated heterocycles. The molecule has 0 saturated carbocycles. The molecular weight excluding hydrogens is 319 g/mol. The normalized spacial score (nSPS) is 11.7. The molecule has 2 amide bonds. The second-order valence-electron chi connectivity index (χ2n) is 3.90. The number of carbonyl (C=O) groups is 2. The summed E-state index contributed by atoms with van der Waals surface area (Å²) in [6.45, 7) is 1.83. The molecule has 104 valence electrons. The minimum Gasteiger partial charge on any atom is -0.480 e. The SMILES string of the molecule is CCC[C@H](NC(=O)Nc1ccc(F)cc1Br)C(=O)O. The third-order valence-corrected chi connectivity index (χ3v) is 3.02. The van der Waals surface area contributed by atoms with E-state index in [0.29, 0.717) is 23.0 Å². The first-order chi connectivity index (χ1) is 8.93. The number of benzene rings is 1. The summed E-state index contributed by atoms with van der Waals surface area (Å²) in [7, 11) is 0. The first-order valence-corrected chi connectivity index (χ1v) is 6.48. The van der Waals surface area contributed by atoms with Crippen LogP contribution in [0.15, 0.2) is 22.7 Å². The first kappa shape index (κ1) is 15.4. The molecule has 0 radical (unpaired) electrons. The fourth-order valence-electron chi connectivity index (χ4n) is 1.45. The van der Waals surface area contributed by atoms with Crippen molar-refractivity contribution in [2.45, 2.75) is 25.8 Å². The minimum absolute atomic E-state index is 0.341. The fourth-order valence-corrected chi connectivity index (χ4v) is 1.90. The average molecular weight is 333 g/mol. The molecule has 0 unspecified atom stereocenters. The number of amides is 2. The van der Waals surface area contributed by atoms with Crippen LogP contribution in [0.25, 0.3) is 0 Å². The lowest BCUT2D eigenvalue weighted by Gasteiger charge is -2.14. The van der Waals surface area contributed by atoms with Crippen LogP contribution in [0.2, 0.25) is 0 Å². The number of carboxylic acids is 1. The zero-order valence-electron chi connectivity index (χ0n) is 10.2. The number of hydrogen-bond acceptors (Lipinski definition) is 2. The van der Waals surface area contributed by atoms with Crippen molar-refractivity contribution in [3.05, 3.63) is 28.5 Å². The molecule has 1 aromatic rings. The number of hydrogen-bond donors (Lipinski definition) is 3. The molecule has 0 aliphatic carbocycles. The molecule has 0 spiro atoms. The maximum atomic E-state index is 12.9. The van der Waals surface area contributed by atoms with Crippen molar-refractivity contribution in [2.75, 3.05) is 5.32 Å². The van der Waals surface area contributed by atoms with Gasteiger partial charge in [-0.15, -0.1) is 0 Å². The number of anilines is 1. The Morgan fingerprint density at radius 2 is 2.16 bits per heavy atom. The summed E-state index contributed by atoms with van der Waals surface area (Å²) in [5.74, 6) is -1.53. The first-order valence-electron chi connectivity index (χ1n) is 5.69. The van der Waals surface area contributed by atoms with Crippen LogP contribution in [0.3, 0.4) is 0 Å². The van der Waals surface area contributed by atoms with Gasteiger partial charge in [0.25, 0.3) is 0 Å². The van der Waals surface area contributed by atoms with Gasteiger partial charge in [0.05, 0.1) is 5.69 Å². The number of halogens is 2. The molecule has 1 aromatic carbocycles. The van der Waals surface area contributed by atoms with Crippen molar-refractivity contribution in [1.29, 1.82) is 0 Å². The maximum Gasteiger partial charge on any atom is 0.326 e. The summed E-state index contributed by atoms with van der Waals surface area (Å²) in [6.07, 6.45) is 0.977. The van der Waals surface area contributed by atoms with E-state index in [1.165, 1.54) is 18.2 Å². The Hall–Kier alpha value is -1.63. The number of nitrogens with one attached hydrogen (secondary N) is 2. The Morgan fingerprint density at radius 1 is 1.47 bits per heavy atom. The van der Waals surface area contributed by atoms with Gasteiger partial charge in [0.15, 0.2) is 0 Å². The van der Waals surface area contributed by atoms with Gasteiger partial charge in [-0.05, 0) is 40.5 Å². The van der Waals surface area contributed by atoms with Crippen molar-refractivity contribution >= 4 is 33.6 Å². The predicted octanol–water partition coefficient (Wildman–Crippen LogP) is 2.96. The van der Waals surface area contributed by atoms with Gasteiger partial charge in [-0.1, -0.05) is 13.3 Å². The second kappa shape index (κ2) is 7.08. The lowest BCUT2D eigenvalue weighted by molar-refractivity contribution is -0.139. The minimum atomic E-state index is -1.09.